The molecule has 5 aliphatic rings. The van der Waals surface area contributed by atoms with Crippen LogP contribution in [0.5, 0.6) is 0 Å². The van der Waals surface area contributed by atoms with Crippen LogP contribution < -0.4 is 4.90 Å². The molecule has 1 aliphatic carbocycles. The second kappa shape index (κ2) is 7.46. The molecule has 0 N–H and O–H groups in total. The van der Waals surface area contributed by atoms with Gasteiger partial charge in [-0.05, 0) is 35.4 Å². The Balaban J connectivity index is 1.42. The Labute approximate surface area is 198 Å². The molecule has 34 heavy (non-hydrogen) atoms. The molecule has 0 radical (unpaired) electrons. The van der Waals surface area contributed by atoms with E-state index >= 15 is 0 Å². The Bertz CT molecular complexity index is 1260. The van der Waals surface area contributed by atoms with Gasteiger partial charge in [-0.25, -0.2) is 4.99 Å². The maximum atomic E-state index is 14.3. The van der Waals surface area contributed by atoms with Crippen LogP contribution in [0.4, 0.5) is 5.69 Å². The number of para-hydroxylation sites is 1. The Kier molecular flexibility index (Phi) is 4.61. The van der Waals surface area contributed by atoms with Crippen LogP contribution in [0.15, 0.2) is 89.0 Å². The van der Waals surface area contributed by atoms with Crippen LogP contribution in [0, 0.1) is 5.41 Å². The third-order valence-corrected chi connectivity index (χ3v) is 7.48. The third-order valence-electron chi connectivity index (χ3n) is 7.48. The lowest BCUT2D eigenvalue weighted by molar-refractivity contribution is -0.125. The van der Waals surface area contributed by atoms with Crippen molar-refractivity contribution in [2.24, 2.45) is 10.4 Å². The fourth-order valence-electron chi connectivity index (χ4n) is 5.66. The molecule has 3 atom stereocenters. The number of carbonyl (C=O) groups excluding carboxylic acids is 1. The number of fused-ring (bicyclic) bond motifs is 5. The highest BCUT2D eigenvalue weighted by molar-refractivity contribution is 6.10. The van der Waals surface area contributed by atoms with Crippen LogP contribution in [-0.2, 0) is 29.2 Å². The van der Waals surface area contributed by atoms with E-state index in [4.69, 9.17) is 18.9 Å². The number of ether oxygens (including phenoxy) is 4. The first-order chi connectivity index (χ1) is 16.5. The Morgan fingerprint density at radius 2 is 2.00 bits per heavy atom. The summed E-state index contributed by atoms with van der Waals surface area (Å²) in [7, 11) is 1.57. The van der Waals surface area contributed by atoms with Gasteiger partial charge in [0.25, 0.3) is 0 Å². The monoisotopic (exact) mass is 458 g/mol. The Hall–Kier alpha value is -3.58. The van der Waals surface area contributed by atoms with E-state index in [0.717, 1.165) is 16.8 Å². The summed E-state index contributed by atoms with van der Waals surface area (Å²) < 4.78 is 23.3. The average Bonchev–Trinajstić information content (AvgIpc) is 3.19. The van der Waals surface area contributed by atoms with Gasteiger partial charge in [0.15, 0.2) is 11.5 Å². The first-order valence-corrected chi connectivity index (χ1v) is 11.4. The van der Waals surface area contributed by atoms with E-state index in [0.29, 0.717) is 42.7 Å². The predicted octanol–water partition coefficient (Wildman–Crippen LogP) is 3.56. The van der Waals surface area contributed by atoms with Gasteiger partial charge in [-0.3, -0.25) is 4.79 Å². The van der Waals surface area contributed by atoms with Crippen molar-refractivity contribution < 1.29 is 23.7 Å². The summed E-state index contributed by atoms with van der Waals surface area (Å²) >= 11 is 0. The van der Waals surface area contributed by atoms with Crippen molar-refractivity contribution in [3.05, 3.63) is 89.6 Å². The van der Waals surface area contributed by atoms with Crippen LogP contribution >= 0.6 is 0 Å². The van der Waals surface area contributed by atoms with Gasteiger partial charge in [0.05, 0.1) is 26.4 Å². The zero-order chi connectivity index (χ0) is 23.5. The number of aliphatic imine (C=N–C) groups is 1. The molecule has 6 rings (SSSR count). The third kappa shape index (κ3) is 2.73. The number of amides is 1. The fourth-order valence-corrected chi connectivity index (χ4v) is 5.66. The van der Waals surface area contributed by atoms with Crippen LogP contribution in [0.3, 0.4) is 0 Å². The summed E-state index contributed by atoms with van der Waals surface area (Å²) in [5.74, 6) is 1.86. The van der Waals surface area contributed by atoms with Gasteiger partial charge in [0.1, 0.15) is 18.6 Å². The lowest BCUT2D eigenvalue weighted by atomic mass is 9.59. The zero-order valence-electron chi connectivity index (χ0n) is 19.2. The number of hydrogen-bond donors (Lipinski definition) is 0. The first-order valence-electron chi connectivity index (χ1n) is 11.4. The van der Waals surface area contributed by atoms with E-state index in [1.165, 1.54) is 0 Å². The molecule has 174 valence electrons. The number of benzene rings is 1. The molecule has 3 unspecified atom stereocenters. The van der Waals surface area contributed by atoms with Gasteiger partial charge >= 0.3 is 0 Å². The van der Waals surface area contributed by atoms with Crippen molar-refractivity contribution in [1.29, 1.82) is 0 Å². The van der Waals surface area contributed by atoms with Crippen LogP contribution in [-0.4, -0.2) is 51.4 Å². The lowest BCUT2D eigenvalue weighted by Gasteiger charge is -2.41. The molecule has 1 aromatic carbocycles. The zero-order valence-corrected chi connectivity index (χ0v) is 19.2. The van der Waals surface area contributed by atoms with E-state index in [9.17, 15) is 4.79 Å². The SMILES string of the molecule is C=C1C=CC(CN2C(=O)C3(COC4C=C5OCCOC5=CC43C)c3ccccc32)=CN=C1OC. The van der Waals surface area contributed by atoms with Crippen molar-refractivity contribution in [3.63, 3.8) is 0 Å². The van der Waals surface area contributed by atoms with Crippen molar-refractivity contribution in [1.82, 2.24) is 0 Å². The minimum Gasteiger partial charge on any atom is -0.486 e. The quantitative estimate of drug-likeness (QED) is 0.678. The first kappa shape index (κ1) is 21.0. The van der Waals surface area contributed by atoms with Crippen LogP contribution in [0.25, 0.3) is 0 Å². The van der Waals surface area contributed by atoms with Gasteiger partial charge < -0.3 is 23.8 Å². The smallest absolute Gasteiger partial charge is 0.241 e. The summed E-state index contributed by atoms with van der Waals surface area (Å²) in [5.41, 5.74) is 1.92. The molecule has 4 heterocycles. The summed E-state index contributed by atoms with van der Waals surface area (Å²) in [6.45, 7) is 7.73. The molecule has 2 saturated heterocycles. The molecular weight excluding hydrogens is 432 g/mol. The van der Waals surface area contributed by atoms with E-state index in [1.807, 2.05) is 53.5 Å². The molecule has 0 aromatic heterocycles. The van der Waals surface area contributed by atoms with Crippen molar-refractivity contribution in [3.8, 4) is 0 Å². The van der Waals surface area contributed by atoms with Crippen molar-refractivity contribution >= 4 is 17.5 Å². The number of methoxy groups -OCH3 is 1. The second-order valence-corrected chi connectivity index (χ2v) is 9.27. The highest BCUT2D eigenvalue weighted by atomic mass is 16.6. The summed E-state index contributed by atoms with van der Waals surface area (Å²) in [6, 6.07) is 7.99. The fraction of sp³-hybridized carbons (Fsp3) is 0.333. The van der Waals surface area contributed by atoms with E-state index in [2.05, 4.69) is 18.5 Å². The number of anilines is 1. The van der Waals surface area contributed by atoms with Gasteiger partial charge in [-0.15, -0.1) is 0 Å². The van der Waals surface area contributed by atoms with Gasteiger partial charge in [0.2, 0.25) is 11.8 Å². The van der Waals surface area contributed by atoms with Gasteiger partial charge in [-0.2, -0.15) is 0 Å². The van der Waals surface area contributed by atoms with Crippen molar-refractivity contribution in [2.45, 2.75) is 18.4 Å². The Morgan fingerprint density at radius 1 is 1.21 bits per heavy atom. The molecule has 7 nitrogen and oxygen atoms in total. The van der Waals surface area contributed by atoms with E-state index < -0.39 is 10.8 Å². The topological polar surface area (TPSA) is 69.6 Å². The Morgan fingerprint density at radius 3 is 2.82 bits per heavy atom. The standard InChI is InChI=1S/C27H26N2O5/c1-17-8-9-18(14-28-24(17)31-3)15-29-20-7-5-4-6-19(20)27(25(29)30)16-34-23-12-21-22(13-26(23,27)2)33-11-10-32-21/h4-9,12-14,23H,1,10-11,15-16H2,2-3H3. The highest BCUT2D eigenvalue weighted by Gasteiger charge is 2.68. The molecule has 7 heteroatoms. The number of hydrogen-bond acceptors (Lipinski definition) is 6. The number of rotatable bonds is 2. The van der Waals surface area contributed by atoms with Crippen molar-refractivity contribution in [2.75, 3.05) is 38.4 Å². The molecule has 4 aliphatic heterocycles. The molecule has 0 bridgehead atoms. The molecular formula is C27H26N2O5. The van der Waals surface area contributed by atoms with Gasteiger partial charge in [0, 0.05) is 22.9 Å². The van der Waals surface area contributed by atoms with Crippen LogP contribution in [0.2, 0.25) is 0 Å². The summed E-state index contributed by atoms with van der Waals surface area (Å²) in [6.07, 6.45) is 9.23. The van der Waals surface area contributed by atoms with E-state index in [1.54, 1.807) is 13.3 Å². The maximum absolute atomic E-state index is 14.3. The minimum absolute atomic E-state index is 0.0115. The summed E-state index contributed by atoms with van der Waals surface area (Å²) in [5, 5.41) is 0. The van der Waals surface area contributed by atoms with Crippen LogP contribution in [0.1, 0.15) is 12.5 Å². The lowest BCUT2D eigenvalue weighted by Crippen LogP contribution is -2.53. The average molecular weight is 459 g/mol. The largest absolute Gasteiger partial charge is 0.486 e. The normalized spacial score (nSPS) is 31.4. The van der Waals surface area contributed by atoms with E-state index in [-0.39, 0.29) is 18.6 Å². The highest BCUT2D eigenvalue weighted by Crippen LogP contribution is 2.60. The number of nitrogens with zero attached hydrogens (tertiary/aromatic N) is 2. The van der Waals surface area contributed by atoms with Gasteiger partial charge in [-0.1, -0.05) is 37.8 Å². The summed E-state index contributed by atoms with van der Waals surface area (Å²) in [4.78, 5) is 20.6. The maximum Gasteiger partial charge on any atom is 0.241 e. The molecule has 1 aromatic rings. The second-order valence-electron chi connectivity index (χ2n) is 9.27. The molecule has 2 fully saturated rings. The number of carbonyl (C=O) groups is 1. The molecule has 0 saturated carbocycles. The minimum atomic E-state index is -0.871. The molecule has 1 spiro atoms. The molecule has 1 amide bonds. The predicted molar refractivity (Wildman–Crippen MR) is 127 cm³/mol.